The highest BCUT2D eigenvalue weighted by molar-refractivity contribution is 7.90. The zero-order valence-electron chi connectivity index (χ0n) is 9.71. The number of halogens is 1. The topological polar surface area (TPSA) is 89.1 Å². The molecule has 2 heterocycles. The molecule has 0 aromatic carbocycles. The van der Waals surface area contributed by atoms with Crippen LogP contribution in [0.3, 0.4) is 0 Å². The maximum absolute atomic E-state index is 12.1. The van der Waals surface area contributed by atoms with Crippen LogP contribution in [0.2, 0.25) is 5.02 Å². The highest BCUT2D eigenvalue weighted by atomic mass is 35.5. The highest BCUT2D eigenvalue weighted by Gasteiger charge is 2.23. The fourth-order valence-corrected chi connectivity index (χ4v) is 4.16. The molecule has 0 aliphatic heterocycles. The zero-order valence-corrected chi connectivity index (χ0v) is 12.1. The predicted octanol–water partition coefficient (Wildman–Crippen LogP) is 1.89. The minimum atomic E-state index is -3.68. The molecule has 0 amide bonds. The minimum Gasteiger partial charge on any atom is -0.464 e. The third-order valence-corrected chi connectivity index (χ3v) is 5.30. The Kier molecular flexibility index (Phi) is 3.93. The van der Waals surface area contributed by atoms with Gasteiger partial charge in [0.2, 0.25) is 15.0 Å². The zero-order chi connectivity index (χ0) is 14.0. The van der Waals surface area contributed by atoms with Gasteiger partial charge >= 0.3 is 5.97 Å². The van der Waals surface area contributed by atoms with Crippen LogP contribution < -0.4 is 0 Å². The van der Waals surface area contributed by atoms with Crippen molar-refractivity contribution in [2.45, 2.75) is 10.9 Å². The number of carbonyl (C=O) groups is 1. The van der Waals surface area contributed by atoms with E-state index in [0.29, 0.717) is 9.90 Å². The van der Waals surface area contributed by atoms with Gasteiger partial charge in [0, 0.05) is 4.88 Å². The highest BCUT2D eigenvalue weighted by Crippen LogP contribution is 2.26. The molecule has 0 atom stereocenters. The number of nitrogens with one attached hydrogen (secondary N) is 1. The average Bonchev–Trinajstić information content (AvgIpc) is 2.98. The summed E-state index contributed by atoms with van der Waals surface area (Å²) >= 11 is 7.10. The van der Waals surface area contributed by atoms with E-state index < -0.39 is 15.8 Å². The molecule has 2 aromatic heterocycles. The molecule has 0 aliphatic carbocycles. The Morgan fingerprint density at radius 2 is 2.32 bits per heavy atom. The second kappa shape index (κ2) is 5.32. The van der Waals surface area contributed by atoms with Crippen molar-refractivity contribution < 1.29 is 17.9 Å². The van der Waals surface area contributed by atoms with Crippen LogP contribution in [0.15, 0.2) is 22.8 Å². The molecule has 0 radical (unpaired) electrons. The quantitative estimate of drug-likeness (QED) is 0.869. The molecule has 0 aliphatic rings. The summed E-state index contributed by atoms with van der Waals surface area (Å²) in [4.78, 5) is 17.9. The largest absolute Gasteiger partial charge is 0.464 e. The standard InChI is InChI=1S/C10H9ClN2O4S2/c1-17-9(14)7-4-12-10(13-7)19(15,16)5-8-6(11)2-3-18-8/h2-4H,5H2,1H3,(H,12,13). The number of aromatic nitrogens is 2. The average molecular weight is 321 g/mol. The number of carbonyl (C=O) groups excluding carboxylic acids is 1. The summed E-state index contributed by atoms with van der Waals surface area (Å²) in [6.07, 6.45) is 1.12. The molecule has 0 fully saturated rings. The number of hydrogen-bond donors (Lipinski definition) is 1. The molecule has 0 saturated carbocycles. The van der Waals surface area contributed by atoms with Gasteiger partial charge in [-0.25, -0.2) is 18.2 Å². The van der Waals surface area contributed by atoms with E-state index in [4.69, 9.17) is 11.6 Å². The van der Waals surface area contributed by atoms with Gasteiger partial charge in [0.15, 0.2) is 0 Å². The van der Waals surface area contributed by atoms with Crippen molar-refractivity contribution in [2.75, 3.05) is 7.11 Å². The molecule has 0 spiro atoms. The number of rotatable bonds is 4. The van der Waals surface area contributed by atoms with E-state index in [1.165, 1.54) is 18.4 Å². The summed E-state index contributed by atoms with van der Waals surface area (Å²) < 4.78 is 28.6. The Labute approximate surface area is 118 Å². The third-order valence-electron chi connectivity index (χ3n) is 2.26. The second-order valence-corrected chi connectivity index (χ2v) is 6.86. The van der Waals surface area contributed by atoms with Crippen LogP contribution in [0, 0.1) is 0 Å². The number of thiophene rings is 1. The van der Waals surface area contributed by atoms with E-state index in [9.17, 15) is 13.2 Å². The molecule has 6 nitrogen and oxygen atoms in total. The number of aromatic amines is 1. The summed E-state index contributed by atoms with van der Waals surface area (Å²) in [5.41, 5.74) is -0.0154. The molecule has 0 unspecified atom stereocenters. The van der Waals surface area contributed by atoms with Crippen LogP contribution in [0.4, 0.5) is 0 Å². The Morgan fingerprint density at radius 3 is 2.89 bits per heavy atom. The van der Waals surface area contributed by atoms with Crippen molar-refractivity contribution in [3.05, 3.63) is 33.2 Å². The Morgan fingerprint density at radius 1 is 1.58 bits per heavy atom. The smallest absolute Gasteiger partial charge is 0.356 e. The molecule has 9 heteroatoms. The number of ether oxygens (including phenoxy) is 1. The number of imidazole rings is 1. The Hall–Kier alpha value is -1.38. The van der Waals surface area contributed by atoms with Gasteiger partial charge in [0.25, 0.3) is 0 Å². The van der Waals surface area contributed by atoms with Crippen LogP contribution >= 0.6 is 22.9 Å². The molecular formula is C10H9ClN2O4S2. The summed E-state index contributed by atoms with van der Waals surface area (Å²) in [6.45, 7) is 0. The molecule has 102 valence electrons. The predicted molar refractivity (Wildman–Crippen MR) is 70.1 cm³/mol. The maximum Gasteiger partial charge on any atom is 0.356 e. The first kappa shape index (κ1) is 14.0. The van der Waals surface area contributed by atoms with E-state index in [2.05, 4.69) is 14.7 Å². The summed E-state index contributed by atoms with van der Waals surface area (Å²) in [5.74, 6) is -0.944. The van der Waals surface area contributed by atoms with Crippen LogP contribution in [0.5, 0.6) is 0 Å². The summed E-state index contributed by atoms with van der Waals surface area (Å²) in [6, 6.07) is 1.62. The molecule has 2 rings (SSSR count). The lowest BCUT2D eigenvalue weighted by molar-refractivity contribution is 0.0594. The molecular weight excluding hydrogens is 312 g/mol. The number of H-pyrrole nitrogens is 1. The molecule has 0 saturated heterocycles. The van der Waals surface area contributed by atoms with Gasteiger partial charge in [-0.1, -0.05) is 11.6 Å². The van der Waals surface area contributed by atoms with E-state index in [1.807, 2.05) is 0 Å². The van der Waals surface area contributed by atoms with E-state index in [1.54, 1.807) is 11.4 Å². The van der Waals surface area contributed by atoms with Crippen molar-refractivity contribution in [1.82, 2.24) is 9.97 Å². The first-order chi connectivity index (χ1) is 8.94. The lowest BCUT2D eigenvalue weighted by Gasteiger charge is -1.99. The number of sulfone groups is 1. The molecule has 19 heavy (non-hydrogen) atoms. The van der Waals surface area contributed by atoms with Crippen LogP contribution in [-0.4, -0.2) is 31.5 Å². The van der Waals surface area contributed by atoms with Crippen molar-refractivity contribution in [2.24, 2.45) is 0 Å². The Bertz CT molecular complexity index is 705. The molecule has 2 aromatic rings. The second-order valence-electron chi connectivity index (χ2n) is 3.54. The lowest BCUT2D eigenvalue weighted by Crippen LogP contribution is -2.07. The van der Waals surface area contributed by atoms with Gasteiger partial charge in [-0.3, -0.25) is 0 Å². The van der Waals surface area contributed by atoms with E-state index in [0.717, 1.165) is 6.20 Å². The number of nitrogens with zero attached hydrogens (tertiary/aromatic N) is 1. The fraction of sp³-hybridized carbons (Fsp3) is 0.200. The van der Waals surface area contributed by atoms with Gasteiger partial charge in [-0.05, 0) is 11.4 Å². The van der Waals surface area contributed by atoms with Gasteiger partial charge in [-0.2, -0.15) is 0 Å². The lowest BCUT2D eigenvalue weighted by atomic mass is 10.5. The maximum atomic E-state index is 12.1. The number of hydrogen-bond acceptors (Lipinski definition) is 6. The molecule has 1 N–H and O–H groups in total. The SMILES string of the molecule is COC(=O)c1cnc(S(=O)(=O)Cc2sccc2Cl)[nH]1. The van der Waals surface area contributed by atoms with Gasteiger partial charge < -0.3 is 9.72 Å². The van der Waals surface area contributed by atoms with Crippen LogP contribution in [-0.2, 0) is 20.3 Å². The summed E-state index contributed by atoms with van der Waals surface area (Å²) in [7, 11) is -2.48. The van der Waals surface area contributed by atoms with Crippen LogP contribution in [0.25, 0.3) is 0 Å². The van der Waals surface area contributed by atoms with Gasteiger partial charge in [-0.15, -0.1) is 11.3 Å². The van der Waals surface area contributed by atoms with E-state index >= 15 is 0 Å². The fourth-order valence-electron chi connectivity index (χ4n) is 1.34. The number of methoxy groups -OCH3 is 1. The first-order valence-electron chi connectivity index (χ1n) is 5.02. The van der Waals surface area contributed by atoms with Crippen molar-refractivity contribution >= 4 is 38.7 Å². The van der Waals surface area contributed by atoms with Crippen molar-refractivity contribution in [1.29, 1.82) is 0 Å². The Balaban J connectivity index is 2.27. The monoisotopic (exact) mass is 320 g/mol. The van der Waals surface area contributed by atoms with E-state index in [-0.39, 0.29) is 16.6 Å². The third kappa shape index (κ3) is 2.96. The number of esters is 1. The first-order valence-corrected chi connectivity index (χ1v) is 7.93. The van der Waals surface area contributed by atoms with Gasteiger partial charge in [0.05, 0.1) is 24.1 Å². The van der Waals surface area contributed by atoms with Gasteiger partial charge in [0.1, 0.15) is 5.69 Å². The molecule has 0 bridgehead atoms. The summed E-state index contributed by atoms with van der Waals surface area (Å²) in [5, 5.41) is 1.82. The normalized spacial score (nSPS) is 11.5. The van der Waals surface area contributed by atoms with Crippen molar-refractivity contribution in [3.8, 4) is 0 Å². The van der Waals surface area contributed by atoms with Crippen molar-refractivity contribution in [3.63, 3.8) is 0 Å². The minimum absolute atomic E-state index is 0.0154. The van der Waals surface area contributed by atoms with Crippen LogP contribution in [0.1, 0.15) is 15.4 Å².